The van der Waals surface area contributed by atoms with E-state index in [-0.39, 0.29) is 6.10 Å². The summed E-state index contributed by atoms with van der Waals surface area (Å²) in [5.74, 6) is 1.68. The number of aliphatic hydroxyl groups excluding tert-OH is 1. The second-order valence-electron chi connectivity index (χ2n) is 5.61. The first-order valence-electron chi connectivity index (χ1n) is 5.98. The molecule has 3 saturated carbocycles. The van der Waals surface area contributed by atoms with Crippen molar-refractivity contribution in [2.24, 2.45) is 17.3 Å². The molecule has 0 saturated heterocycles. The van der Waals surface area contributed by atoms with Crippen LogP contribution in [0.15, 0.2) is 0 Å². The van der Waals surface area contributed by atoms with E-state index in [0.717, 1.165) is 17.8 Å². The third kappa shape index (κ3) is 1.41. The molecule has 0 aromatic heterocycles. The van der Waals surface area contributed by atoms with Gasteiger partial charge in [0.15, 0.2) is 0 Å². The molecule has 0 heterocycles. The highest BCUT2D eigenvalue weighted by Crippen LogP contribution is 2.72. The molecule has 74 valence electrons. The second-order valence-corrected chi connectivity index (χ2v) is 5.61. The molecule has 3 fully saturated rings. The Morgan fingerprint density at radius 3 is 2.54 bits per heavy atom. The Hall–Kier alpha value is -0.0400. The first-order chi connectivity index (χ1) is 6.30. The van der Waals surface area contributed by atoms with Crippen molar-refractivity contribution in [1.29, 1.82) is 0 Å². The number of hydrogen-bond acceptors (Lipinski definition) is 1. The quantitative estimate of drug-likeness (QED) is 0.692. The SMILES string of the molecule is OC1CCCCC1CC1CC12CC2. The predicted octanol–water partition coefficient (Wildman–Crippen LogP) is 2.73. The molecule has 1 spiro atoms. The van der Waals surface area contributed by atoms with Crippen LogP contribution in [0, 0.1) is 17.3 Å². The number of hydrogen-bond donors (Lipinski definition) is 1. The Morgan fingerprint density at radius 2 is 1.92 bits per heavy atom. The molecule has 0 aromatic rings. The molecule has 0 aromatic carbocycles. The van der Waals surface area contributed by atoms with E-state index in [9.17, 15) is 5.11 Å². The molecule has 1 heteroatoms. The lowest BCUT2D eigenvalue weighted by Crippen LogP contribution is -2.24. The van der Waals surface area contributed by atoms with Gasteiger partial charge in [0.1, 0.15) is 0 Å². The molecule has 0 bridgehead atoms. The largest absolute Gasteiger partial charge is 0.393 e. The number of aliphatic hydroxyl groups is 1. The maximum Gasteiger partial charge on any atom is 0.0568 e. The Balaban J connectivity index is 1.53. The summed E-state index contributed by atoms with van der Waals surface area (Å²) in [7, 11) is 0. The minimum atomic E-state index is 0.0464. The van der Waals surface area contributed by atoms with E-state index >= 15 is 0 Å². The van der Waals surface area contributed by atoms with Gasteiger partial charge in [0.25, 0.3) is 0 Å². The van der Waals surface area contributed by atoms with Crippen molar-refractivity contribution in [2.75, 3.05) is 0 Å². The standard InChI is InChI=1S/C12H20O/c13-11-4-2-1-3-9(11)7-10-8-12(10)5-6-12/h9-11,13H,1-8H2. The molecule has 3 aliphatic rings. The summed E-state index contributed by atoms with van der Waals surface area (Å²) in [4.78, 5) is 0. The van der Waals surface area contributed by atoms with Crippen molar-refractivity contribution in [3.63, 3.8) is 0 Å². The Kier molecular flexibility index (Phi) is 1.74. The van der Waals surface area contributed by atoms with Crippen LogP contribution in [0.3, 0.4) is 0 Å². The van der Waals surface area contributed by atoms with Gasteiger partial charge in [-0.15, -0.1) is 0 Å². The fourth-order valence-electron chi connectivity index (χ4n) is 3.37. The highest BCUT2D eigenvalue weighted by Gasteiger charge is 2.62. The highest BCUT2D eigenvalue weighted by atomic mass is 16.3. The zero-order valence-corrected chi connectivity index (χ0v) is 8.34. The van der Waals surface area contributed by atoms with E-state index in [1.54, 1.807) is 0 Å². The molecule has 13 heavy (non-hydrogen) atoms. The van der Waals surface area contributed by atoms with Gasteiger partial charge in [-0.05, 0) is 55.8 Å². The van der Waals surface area contributed by atoms with Gasteiger partial charge in [0, 0.05) is 0 Å². The summed E-state index contributed by atoms with van der Waals surface area (Å²) >= 11 is 0. The molecule has 3 rings (SSSR count). The Morgan fingerprint density at radius 1 is 1.15 bits per heavy atom. The highest BCUT2D eigenvalue weighted by molar-refractivity contribution is 5.12. The third-order valence-corrected chi connectivity index (χ3v) is 4.71. The summed E-state index contributed by atoms with van der Waals surface area (Å²) in [6.07, 6.45) is 10.9. The predicted molar refractivity (Wildman–Crippen MR) is 52.4 cm³/mol. The summed E-state index contributed by atoms with van der Waals surface area (Å²) in [6.45, 7) is 0. The van der Waals surface area contributed by atoms with E-state index in [1.165, 1.54) is 44.9 Å². The van der Waals surface area contributed by atoms with Gasteiger partial charge in [-0.3, -0.25) is 0 Å². The van der Waals surface area contributed by atoms with Crippen LogP contribution in [0.25, 0.3) is 0 Å². The fraction of sp³-hybridized carbons (Fsp3) is 1.00. The van der Waals surface area contributed by atoms with Gasteiger partial charge in [-0.25, -0.2) is 0 Å². The zero-order valence-electron chi connectivity index (χ0n) is 8.34. The molecule has 0 amide bonds. The summed E-state index contributed by atoms with van der Waals surface area (Å²) in [6, 6.07) is 0. The van der Waals surface area contributed by atoms with Gasteiger partial charge < -0.3 is 5.11 Å². The first kappa shape index (κ1) is 8.28. The smallest absolute Gasteiger partial charge is 0.0568 e. The lowest BCUT2D eigenvalue weighted by atomic mass is 9.83. The van der Waals surface area contributed by atoms with Gasteiger partial charge in [-0.1, -0.05) is 12.8 Å². The number of rotatable bonds is 2. The summed E-state index contributed by atoms with van der Waals surface area (Å²) < 4.78 is 0. The van der Waals surface area contributed by atoms with Gasteiger partial charge in [0.05, 0.1) is 6.10 Å². The molecule has 0 aliphatic heterocycles. The molecule has 3 unspecified atom stereocenters. The third-order valence-electron chi connectivity index (χ3n) is 4.71. The molecule has 1 nitrogen and oxygen atoms in total. The molecular weight excluding hydrogens is 160 g/mol. The van der Waals surface area contributed by atoms with Crippen LogP contribution in [-0.4, -0.2) is 11.2 Å². The molecule has 1 N–H and O–H groups in total. The topological polar surface area (TPSA) is 20.2 Å². The van der Waals surface area contributed by atoms with Crippen molar-refractivity contribution >= 4 is 0 Å². The summed E-state index contributed by atoms with van der Waals surface area (Å²) in [5.41, 5.74) is 0.844. The van der Waals surface area contributed by atoms with Crippen LogP contribution in [0.4, 0.5) is 0 Å². The van der Waals surface area contributed by atoms with E-state index < -0.39 is 0 Å². The van der Waals surface area contributed by atoms with Crippen molar-refractivity contribution in [3.05, 3.63) is 0 Å². The maximum absolute atomic E-state index is 9.84. The van der Waals surface area contributed by atoms with Crippen LogP contribution in [-0.2, 0) is 0 Å². The van der Waals surface area contributed by atoms with Crippen molar-refractivity contribution in [3.8, 4) is 0 Å². The summed E-state index contributed by atoms with van der Waals surface area (Å²) in [5, 5.41) is 9.84. The maximum atomic E-state index is 9.84. The Bertz CT molecular complexity index is 207. The van der Waals surface area contributed by atoms with Crippen LogP contribution >= 0.6 is 0 Å². The van der Waals surface area contributed by atoms with E-state index in [0.29, 0.717) is 5.92 Å². The van der Waals surface area contributed by atoms with Crippen LogP contribution in [0.2, 0.25) is 0 Å². The van der Waals surface area contributed by atoms with Gasteiger partial charge in [0.2, 0.25) is 0 Å². The van der Waals surface area contributed by atoms with Gasteiger partial charge in [-0.2, -0.15) is 0 Å². The lowest BCUT2D eigenvalue weighted by molar-refractivity contribution is 0.0613. The Labute approximate surface area is 80.5 Å². The minimum Gasteiger partial charge on any atom is -0.393 e. The fourth-order valence-corrected chi connectivity index (χ4v) is 3.37. The van der Waals surface area contributed by atoms with Crippen molar-refractivity contribution in [1.82, 2.24) is 0 Å². The normalized spacial score (nSPS) is 46.4. The molecule has 0 radical (unpaired) electrons. The van der Waals surface area contributed by atoms with Crippen LogP contribution < -0.4 is 0 Å². The van der Waals surface area contributed by atoms with E-state index in [4.69, 9.17) is 0 Å². The molecule has 3 aliphatic carbocycles. The average Bonchev–Trinajstić information content (AvgIpc) is 3.00. The van der Waals surface area contributed by atoms with E-state index in [2.05, 4.69) is 0 Å². The zero-order chi connectivity index (χ0) is 8.89. The van der Waals surface area contributed by atoms with Crippen molar-refractivity contribution < 1.29 is 5.11 Å². The van der Waals surface area contributed by atoms with Gasteiger partial charge >= 0.3 is 0 Å². The second kappa shape index (κ2) is 2.73. The molecule has 3 atom stereocenters. The van der Waals surface area contributed by atoms with E-state index in [1.807, 2.05) is 0 Å². The lowest BCUT2D eigenvalue weighted by Gasteiger charge is -2.27. The van der Waals surface area contributed by atoms with Crippen LogP contribution in [0.1, 0.15) is 51.4 Å². The average molecular weight is 180 g/mol. The monoisotopic (exact) mass is 180 g/mol. The van der Waals surface area contributed by atoms with Crippen molar-refractivity contribution in [2.45, 2.75) is 57.5 Å². The first-order valence-corrected chi connectivity index (χ1v) is 5.98. The molecular formula is C12H20O. The minimum absolute atomic E-state index is 0.0464. The van der Waals surface area contributed by atoms with Crippen LogP contribution in [0.5, 0.6) is 0 Å².